The summed E-state index contributed by atoms with van der Waals surface area (Å²) in [5, 5.41) is 0. The molecule has 0 aliphatic carbocycles. The molecule has 0 bridgehead atoms. The van der Waals surface area contributed by atoms with Crippen molar-refractivity contribution in [2.45, 2.75) is 20.1 Å². The largest absolute Gasteiger partial charge is 0.487 e. The highest BCUT2D eigenvalue weighted by molar-refractivity contribution is 9.10. The third-order valence-electron chi connectivity index (χ3n) is 3.96. The summed E-state index contributed by atoms with van der Waals surface area (Å²) >= 11 is 3.18. The van der Waals surface area contributed by atoms with E-state index in [0.717, 1.165) is 5.56 Å². The van der Waals surface area contributed by atoms with Crippen LogP contribution in [0.5, 0.6) is 5.75 Å². The number of hydrogen-bond acceptors (Lipinski definition) is 3. The van der Waals surface area contributed by atoms with Crippen molar-refractivity contribution in [2.75, 3.05) is 0 Å². The van der Waals surface area contributed by atoms with Crippen LogP contribution in [0.15, 0.2) is 52.0 Å². The van der Waals surface area contributed by atoms with E-state index < -0.39 is 29.6 Å². The molecule has 3 aromatic rings. The number of hydrogen-bond donors (Lipinski definition) is 0. The molecular formula is C19H14BrF3N2O2. The lowest BCUT2D eigenvalue weighted by Crippen LogP contribution is -2.24. The first-order chi connectivity index (χ1) is 12.9. The van der Waals surface area contributed by atoms with Gasteiger partial charge in [-0.2, -0.15) is 0 Å². The van der Waals surface area contributed by atoms with E-state index in [2.05, 4.69) is 20.9 Å². The Balaban J connectivity index is 1.87. The third-order valence-corrected chi connectivity index (χ3v) is 4.69. The number of aryl methyl sites for hydroxylation is 1. The molecule has 140 valence electrons. The second-order valence-corrected chi connectivity index (χ2v) is 6.65. The van der Waals surface area contributed by atoms with Crippen molar-refractivity contribution in [1.82, 2.24) is 9.55 Å². The standard InChI is InChI=1S/C19H14BrF3N2O2/c1-11-5-17(27-10-14-15(22)6-13(21)7-16(14)23)18(20)19(26)25(11)9-12-3-2-4-24-8-12/h2-8H,9-10H2,1H3. The van der Waals surface area contributed by atoms with Gasteiger partial charge in [-0.1, -0.05) is 6.07 Å². The molecular weight excluding hydrogens is 425 g/mol. The molecule has 1 aromatic carbocycles. The molecule has 0 amide bonds. The highest BCUT2D eigenvalue weighted by atomic mass is 79.9. The minimum Gasteiger partial charge on any atom is -0.487 e. The lowest BCUT2D eigenvalue weighted by molar-refractivity contribution is 0.288. The molecule has 2 aromatic heterocycles. The molecule has 0 saturated heterocycles. The summed E-state index contributed by atoms with van der Waals surface area (Å²) in [6.45, 7) is 1.55. The summed E-state index contributed by atoms with van der Waals surface area (Å²) in [6.07, 6.45) is 3.30. The normalized spacial score (nSPS) is 10.9. The van der Waals surface area contributed by atoms with Gasteiger partial charge in [0.1, 0.15) is 34.3 Å². The Hall–Kier alpha value is -2.61. The maximum absolute atomic E-state index is 13.7. The van der Waals surface area contributed by atoms with Gasteiger partial charge in [-0.15, -0.1) is 0 Å². The quantitative estimate of drug-likeness (QED) is 0.594. The second kappa shape index (κ2) is 7.96. The SMILES string of the molecule is Cc1cc(OCc2c(F)cc(F)cc2F)c(Br)c(=O)n1Cc1cccnc1. The summed E-state index contributed by atoms with van der Waals surface area (Å²) in [6, 6.07) is 6.36. The van der Waals surface area contributed by atoms with Crippen LogP contribution in [0.1, 0.15) is 16.8 Å². The van der Waals surface area contributed by atoms with Crippen molar-refractivity contribution in [3.63, 3.8) is 0 Å². The molecule has 0 saturated carbocycles. The summed E-state index contributed by atoms with van der Waals surface area (Å²) in [7, 11) is 0. The van der Waals surface area contributed by atoms with Gasteiger partial charge < -0.3 is 9.30 Å². The fourth-order valence-corrected chi connectivity index (χ4v) is 2.99. The van der Waals surface area contributed by atoms with Crippen LogP contribution in [-0.2, 0) is 13.2 Å². The maximum atomic E-state index is 13.7. The van der Waals surface area contributed by atoms with E-state index in [1.165, 1.54) is 4.57 Å². The number of nitrogens with zero attached hydrogens (tertiary/aromatic N) is 2. The molecule has 2 heterocycles. The Labute approximate surface area is 161 Å². The van der Waals surface area contributed by atoms with Crippen molar-refractivity contribution >= 4 is 15.9 Å². The topological polar surface area (TPSA) is 44.1 Å². The van der Waals surface area contributed by atoms with E-state index in [0.29, 0.717) is 24.4 Å². The van der Waals surface area contributed by atoms with Crippen molar-refractivity contribution < 1.29 is 17.9 Å². The van der Waals surface area contributed by atoms with Gasteiger partial charge in [0, 0.05) is 36.3 Å². The average Bonchev–Trinajstić information content (AvgIpc) is 2.62. The Morgan fingerprint density at radius 2 is 1.89 bits per heavy atom. The van der Waals surface area contributed by atoms with Crippen molar-refractivity contribution in [3.05, 3.63) is 91.8 Å². The van der Waals surface area contributed by atoms with Gasteiger partial charge in [0.2, 0.25) is 0 Å². The zero-order chi connectivity index (χ0) is 19.6. The lowest BCUT2D eigenvalue weighted by Gasteiger charge is -2.15. The van der Waals surface area contributed by atoms with Gasteiger partial charge in [0.05, 0.1) is 12.1 Å². The summed E-state index contributed by atoms with van der Waals surface area (Å²) in [5.74, 6) is -2.97. The number of pyridine rings is 2. The number of rotatable bonds is 5. The van der Waals surface area contributed by atoms with E-state index in [1.54, 1.807) is 31.5 Å². The van der Waals surface area contributed by atoms with E-state index in [1.807, 2.05) is 6.07 Å². The van der Waals surface area contributed by atoms with Gasteiger partial charge in [-0.25, -0.2) is 13.2 Å². The molecule has 0 fully saturated rings. The van der Waals surface area contributed by atoms with Crippen LogP contribution in [-0.4, -0.2) is 9.55 Å². The summed E-state index contributed by atoms with van der Waals surface area (Å²) in [5.41, 5.74) is 0.676. The zero-order valence-corrected chi connectivity index (χ0v) is 15.8. The Bertz CT molecular complexity index is 1020. The predicted molar refractivity (Wildman–Crippen MR) is 97.1 cm³/mol. The molecule has 0 aliphatic heterocycles. The maximum Gasteiger partial charge on any atom is 0.269 e. The fraction of sp³-hybridized carbons (Fsp3) is 0.158. The van der Waals surface area contributed by atoms with E-state index in [9.17, 15) is 18.0 Å². The predicted octanol–water partition coefficient (Wildman–Crippen LogP) is 4.36. The fourth-order valence-electron chi connectivity index (χ4n) is 2.55. The first-order valence-corrected chi connectivity index (χ1v) is 8.71. The Morgan fingerprint density at radius 3 is 2.52 bits per heavy atom. The third kappa shape index (κ3) is 4.21. The molecule has 0 unspecified atom stereocenters. The molecule has 0 atom stereocenters. The van der Waals surface area contributed by atoms with Crippen LogP contribution in [0, 0.1) is 24.4 Å². The Morgan fingerprint density at radius 1 is 1.19 bits per heavy atom. The minimum absolute atomic E-state index is 0.125. The number of halogens is 4. The van der Waals surface area contributed by atoms with Crippen LogP contribution < -0.4 is 10.3 Å². The lowest BCUT2D eigenvalue weighted by atomic mass is 10.2. The summed E-state index contributed by atoms with van der Waals surface area (Å²) < 4.78 is 47.5. The van der Waals surface area contributed by atoms with Crippen LogP contribution in [0.2, 0.25) is 0 Å². The van der Waals surface area contributed by atoms with Crippen LogP contribution in [0.3, 0.4) is 0 Å². The van der Waals surface area contributed by atoms with Crippen molar-refractivity contribution in [3.8, 4) is 5.75 Å². The van der Waals surface area contributed by atoms with Gasteiger partial charge in [0.25, 0.3) is 5.56 Å². The highest BCUT2D eigenvalue weighted by Crippen LogP contribution is 2.25. The molecule has 4 nitrogen and oxygen atoms in total. The first kappa shape index (κ1) is 19.2. The van der Waals surface area contributed by atoms with E-state index in [-0.39, 0.29) is 15.8 Å². The molecule has 0 spiro atoms. The first-order valence-electron chi connectivity index (χ1n) is 7.92. The Kier molecular flexibility index (Phi) is 5.65. The molecule has 3 rings (SSSR count). The average molecular weight is 439 g/mol. The van der Waals surface area contributed by atoms with E-state index >= 15 is 0 Å². The van der Waals surface area contributed by atoms with Gasteiger partial charge in [-0.3, -0.25) is 9.78 Å². The molecule has 0 aliphatic rings. The summed E-state index contributed by atoms with van der Waals surface area (Å²) in [4.78, 5) is 16.6. The van der Waals surface area contributed by atoms with Crippen LogP contribution in [0.4, 0.5) is 13.2 Å². The zero-order valence-electron chi connectivity index (χ0n) is 14.2. The van der Waals surface area contributed by atoms with Crippen LogP contribution in [0.25, 0.3) is 0 Å². The monoisotopic (exact) mass is 438 g/mol. The molecule has 27 heavy (non-hydrogen) atoms. The number of aromatic nitrogens is 2. The molecule has 0 N–H and O–H groups in total. The van der Waals surface area contributed by atoms with Gasteiger partial charge in [-0.05, 0) is 34.5 Å². The highest BCUT2D eigenvalue weighted by Gasteiger charge is 2.16. The van der Waals surface area contributed by atoms with Gasteiger partial charge in [0.15, 0.2) is 0 Å². The number of ether oxygens (including phenoxy) is 1. The van der Waals surface area contributed by atoms with Crippen molar-refractivity contribution in [2.24, 2.45) is 0 Å². The van der Waals surface area contributed by atoms with Gasteiger partial charge >= 0.3 is 0 Å². The van der Waals surface area contributed by atoms with Crippen LogP contribution >= 0.6 is 15.9 Å². The second-order valence-electron chi connectivity index (χ2n) is 5.85. The molecule has 0 radical (unpaired) electrons. The minimum atomic E-state index is -1.05. The van der Waals surface area contributed by atoms with Crippen molar-refractivity contribution in [1.29, 1.82) is 0 Å². The number of benzene rings is 1. The molecule has 8 heteroatoms. The van der Waals surface area contributed by atoms with E-state index in [4.69, 9.17) is 4.74 Å². The smallest absolute Gasteiger partial charge is 0.269 e.